The van der Waals surface area contributed by atoms with E-state index in [0.717, 1.165) is 0 Å². The summed E-state index contributed by atoms with van der Waals surface area (Å²) in [5.41, 5.74) is 0.939. The largest absolute Gasteiger partial charge is 0.379 e. The maximum Gasteiger partial charge on any atom is 0.344 e. The summed E-state index contributed by atoms with van der Waals surface area (Å²) in [5.74, 6) is 0.987. The number of halogens is 1. The van der Waals surface area contributed by atoms with Crippen molar-refractivity contribution in [2.45, 2.75) is 18.7 Å². The number of hydrogen-bond donors (Lipinski definition) is 0. The zero-order valence-corrected chi connectivity index (χ0v) is 14.6. The number of benzene rings is 1. The summed E-state index contributed by atoms with van der Waals surface area (Å²) in [7, 11) is -2.54. The summed E-state index contributed by atoms with van der Waals surface area (Å²) in [6.45, 7) is 3.23. The van der Waals surface area contributed by atoms with Crippen molar-refractivity contribution in [1.82, 2.24) is 19.9 Å². The van der Waals surface area contributed by atoms with E-state index in [1.54, 1.807) is 33.0 Å². The van der Waals surface area contributed by atoms with E-state index in [2.05, 4.69) is 15.2 Å². The number of hydrogen-bond acceptors (Lipinski definition) is 7. The normalized spacial score (nSPS) is 11.7. The molecule has 10 heteroatoms. The molecule has 0 aliphatic carbocycles. The van der Waals surface area contributed by atoms with Crippen LogP contribution in [-0.4, -0.2) is 28.3 Å². The van der Waals surface area contributed by atoms with E-state index in [9.17, 15) is 8.42 Å². The minimum atomic E-state index is -4.09. The second kappa shape index (κ2) is 5.91. The minimum absolute atomic E-state index is 0.00797. The van der Waals surface area contributed by atoms with Gasteiger partial charge in [-0.3, -0.25) is 4.68 Å². The molecule has 0 N–H and O–H groups in total. The Hall–Kier alpha value is -2.39. The first-order valence-electron chi connectivity index (χ1n) is 6.82. The van der Waals surface area contributed by atoms with Crippen LogP contribution >= 0.6 is 11.6 Å². The molecule has 0 radical (unpaired) electrons. The molecule has 0 fully saturated rings. The van der Waals surface area contributed by atoms with Gasteiger partial charge in [-0.15, -0.1) is 0 Å². The molecular formula is C14H13ClN4O4S. The first-order valence-corrected chi connectivity index (χ1v) is 8.61. The van der Waals surface area contributed by atoms with E-state index in [0.29, 0.717) is 17.3 Å². The summed E-state index contributed by atoms with van der Waals surface area (Å²) >= 11 is 5.99. The molecule has 0 saturated carbocycles. The predicted molar refractivity (Wildman–Crippen MR) is 85.2 cm³/mol. The lowest BCUT2D eigenvalue weighted by molar-refractivity contribution is 0.394. The molecule has 1 aromatic carbocycles. The fraction of sp³-hybridized carbons (Fsp3) is 0.214. The Morgan fingerprint density at radius 2 is 1.88 bits per heavy atom. The summed E-state index contributed by atoms with van der Waals surface area (Å²) in [5, 5.41) is 7.76. The number of aryl methyl sites for hydroxylation is 3. The molecule has 0 atom stereocenters. The SMILES string of the molecule is Cc1nc(-c2ccc(OS(=O)(=O)c3c(C)nn(C)c3Cl)cc2)no1. The maximum absolute atomic E-state index is 12.4. The number of rotatable bonds is 4. The van der Waals surface area contributed by atoms with E-state index in [1.165, 1.54) is 16.8 Å². The van der Waals surface area contributed by atoms with Gasteiger partial charge in [-0.2, -0.15) is 18.5 Å². The first kappa shape index (κ1) is 16.5. The van der Waals surface area contributed by atoms with Crippen LogP contribution in [0, 0.1) is 13.8 Å². The van der Waals surface area contributed by atoms with Crippen LogP contribution in [0.3, 0.4) is 0 Å². The van der Waals surface area contributed by atoms with Crippen LogP contribution in [0.25, 0.3) is 11.4 Å². The molecule has 0 bridgehead atoms. The van der Waals surface area contributed by atoms with Gasteiger partial charge in [0.1, 0.15) is 10.9 Å². The number of nitrogens with zero attached hydrogens (tertiary/aromatic N) is 4. The van der Waals surface area contributed by atoms with E-state index in [4.69, 9.17) is 20.3 Å². The average molecular weight is 369 g/mol. The second-order valence-corrected chi connectivity index (χ2v) is 6.87. The quantitative estimate of drug-likeness (QED) is 0.652. The molecule has 0 unspecified atom stereocenters. The molecular weight excluding hydrogens is 356 g/mol. The smallest absolute Gasteiger partial charge is 0.344 e. The zero-order valence-electron chi connectivity index (χ0n) is 13.0. The summed E-state index contributed by atoms with van der Waals surface area (Å²) in [4.78, 5) is 3.94. The van der Waals surface area contributed by atoms with Gasteiger partial charge in [-0.1, -0.05) is 16.8 Å². The van der Waals surface area contributed by atoms with Gasteiger partial charge in [0, 0.05) is 19.5 Å². The van der Waals surface area contributed by atoms with Crippen molar-refractivity contribution < 1.29 is 17.1 Å². The fourth-order valence-corrected chi connectivity index (χ4v) is 3.79. The predicted octanol–water partition coefficient (Wildman–Crippen LogP) is 2.51. The van der Waals surface area contributed by atoms with Gasteiger partial charge in [-0.05, 0) is 31.2 Å². The van der Waals surface area contributed by atoms with Gasteiger partial charge < -0.3 is 8.71 Å². The van der Waals surface area contributed by atoms with Crippen LogP contribution < -0.4 is 4.18 Å². The van der Waals surface area contributed by atoms with Crippen molar-refractivity contribution >= 4 is 21.7 Å². The third-order valence-corrected chi connectivity index (χ3v) is 5.14. The molecule has 0 saturated heterocycles. The Bertz CT molecular complexity index is 992. The average Bonchev–Trinajstić information content (AvgIpc) is 3.03. The zero-order chi connectivity index (χ0) is 17.5. The van der Waals surface area contributed by atoms with Crippen molar-refractivity contribution in [3.05, 3.63) is 41.0 Å². The van der Waals surface area contributed by atoms with Crippen molar-refractivity contribution in [2.75, 3.05) is 0 Å². The first-order chi connectivity index (χ1) is 11.3. The Morgan fingerprint density at radius 3 is 2.38 bits per heavy atom. The molecule has 2 aromatic heterocycles. The highest BCUT2D eigenvalue weighted by Crippen LogP contribution is 2.28. The minimum Gasteiger partial charge on any atom is -0.379 e. The molecule has 8 nitrogen and oxygen atoms in total. The highest BCUT2D eigenvalue weighted by atomic mass is 35.5. The topological polar surface area (TPSA) is 100 Å². The van der Waals surface area contributed by atoms with Crippen molar-refractivity contribution in [3.63, 3.8) is 0 Å². The van der Waals surface area contributed by atoms with Crippen LogP contribution in [0.15, 0.2) is 33.7 Å². The van der Waals surface area contributed by atoms with Gasteiger partial charge in [0.2, 0.25) is 11.7 Å². The lowest BCUT2D eigenvalue weighted by atomic mass is 10.2. The Kier molecular flexibility index (Phi) is 4.06. The van der Waals surface area contributed by atoms with Crippen LogP contribution in [-0.2, 0) is 17.2 Å². The third-order valence-electron chi connectivity index (χ3n) is 3.20. The van der Waals surface area contributed by atoms with Crippen molar-refractivity contribution in [3.8, 4) is 17.1 Å². The molecule has 0 aliphatic heterocycles. The third kappa shape index (κ3) is 3.00. The molecule has 3 aromatic rings. The van der Waals surface area contributed by atoms with Gasteiger partial charge >= 0.3 is 10.1 Å². The number of aromatic nitrogens is 4. The fourth-order valence-electron chi connectivity index (χ4n) is 2.14. The van der Waals surface area contributed by atoms with E-state index in [1.807, 2.05) is 0 Å². The monoisotopic (exact) mass is 368 g/mol. The van der Waals surface area contributed by atoms with Crippen LogP contribution in [0.1, 0.15) is 11.6 Å². The summed E-state index contributed by atoms with van der Waals surface area (Å²) < 4.78 is 36.1. The molecule has 0 spiro atoms. The standard InChI is InChI=1S/C14H13ClN4O4S/c1-8-12(13(15)19(3)17-8)24(20,21)23-11-6-4-10(5-7-11)14-16-9(2)22-18-14/h4-7H,1-3H3. The van der Waals surface area contributed by atoms with Gasteiger partial charge in [0.15, 0.2) is 4.90 Å². The molecule has 0 amide bonds. The van der Waals surface area contributed by atoms with E-state index >= 15 is 0 Å². The highest BCUT2D eigenvalue weighted by molar-refractivity contribution is 7.87. The highest BCUT2D eigenvalue weighted by Gasteiger charge is 2.27. The van der Waals surface area contributed by atoms with Gasteiger partial charge in [0.25, 0.3) is 0 Å². The molecule has 24 heavy (non-hydrogen) atoms. The van der Waals surface area contributed by atoms with E-state index in [-0.39, 0.29) is 21.5 Å². The Morgan fingerprint density at radius 1 is 1.21 bits per heavy atom. The lowest BCUT2D eigenvalue weighted by Crippen LogP contribution is -2.11. The van der Waals surface area contributed by atoms with E-state index < -0.39 is 10.1 Å². The molecule has 126 valence electrons. The Labute approximate surface area is 143 Å². The lowest BCUT2D eigenvalue weighted by Gasteiger charge is -2.07. The maximum atomic E-state index is 12.4. The Balaban J connectivity index is 1.88. The van der Waals surface area contributed by atoms with Gasteiger partial charge in [0.05, 0.1) is 5.69 Å². The molecule has 2 heterocycles. The summed E-state index contributed by atoms with van der Waals surface area (Å²) in [6.07, 6.45) is 0. The van der Waals surface area contributed by atoms with Crippen molar-refractivity contribution in [2.24, 2.45) is 7.05 Å². The van der Waals surface area contributed by atoms with Crippen LogP contribution in [0.5, 0.6) is 5.75 Å². The summed E-state index contributed by atoms with van der Waals surface area (Å²) in [6, 6.07) is 6.26. The molecule has 0 aliphatic rings. The molecule has 3 rings (SSSR count). The second-order valence-electron chi connectivity index (χ2n) is 5.03. The van der Waals surface area contributed by atoms with Crippen LogP contribution in [0.4, 0.5) is 0 Å². The van der Waals surface area contributed by atoms with Crippen LogP contribution in [0.2, 0.25) is 5.15 Å². The van der Waals surface area contributed by atoms with Crippen molar-refractivity contribution in [1.29, 1.82) is 0 Å². The van der Waals surface area contributed by atoms with Gasteiger partial charge in [-0.25, -0.2) is 0 Å².